The van der Waals surface area contributed by atoms with Gasteiger partial charge in [0.1, 0.15) is 5.60 Å². The van der Waals surface area contributed by atoms with Crippen molar-refractivity contribution in [2.75, 3.05) is 18.8 Å². The molecule has 0 radical (unpaired) electrons. The number of nitrogens with zero attached hydrogens (tertiary/aromatic N) is 1. The van der Waals surface area contributed by atoms with Gasteiger partial charge in [0, 0.05) is 13.1 Å². The molecule has 0 N–H and O–H groups in total. The zero-order valence-electron chi connectivity index (χ0n) is 12.5. The van der Waals surface area contributed by atoms with Crippen LogP contribution in [0.2, 0.25) is 0 Å². The lowest BCUT2D eigenvalue weighted by molar-refractivity contribution is -0.228. The lowest BCUT2D eigenvalue weighted by atomic mass is 9.79. The molecule has 1 aliphatic rings. The number of hydrogen-bond acceptors (Lipinski definition) is 4. The molecule has 1 saturated heterocycles. The van der Waals surface area contributed by atoms with Crippen LogP contribution in [-0.4, -0.2) is 50.0 Å². The summed E-state index contributed by atoms with van der Waals surface area (Å²) in [6.07, 6.45) is -7.00. The predicted molar refractivity (Wildman–Crippen MR) is 70.4 cm³/mol. The summed E-state index contributed by atoms with van der Waals surface area (Å²) in [7, 11) is -5.29. The van der Waals surface area contributed by atoms with Gasteiger partial charge in [-0.3, -0.25) is 0 Å². The Kier molecular flexibility index (Phi) is 5.06. The van der Waals surface area contributed by atoms with Gasteiger partial charge < -0.3 is 9.64 Å². The van der Waals surface area contributed by atoms with E-state index in [0.717, 1.165) is 4.90 Å². The Hall–Kier alpha value is -1.06. The van der Waals surface area contributed by atoms with Crippen molar-refractivity contribution in [1.29, 1.82) is 0 Å². The average molecular weight is 349 g/mol. The van der Waals surface area contributed by atoms with E-state index in [1.807, 2.05) is 0 Å². The molecule has 10 heteroatoms. The summed E-state index contributed by atoms with van der Waals surface area (Å²) in [6, 6.07) is 0. The van der Waals surface area contributed by atoms with Gasteiger partial charge >= 0.3 is 22.5 Å². The fourth-order valence-corrected chi connectivity index (χ4v) is 3.40. The maximum atomic E-state index is 13.2. The van der Waals surface area contributed by atoms with E-state index >= 15 is 0 Å². The van der Waals surface area contributed by atoms with Crippen LogP contribution in [0.3, 0.4) is 0 Å². The molecule has 0 atom stereocenters. The highest BCUT2D eigenvalue weighted by Crippen LogP contribution is 2.47. The summed E-state index contributed by atoms with van der Waals surface area (Å²) in [5.41, 5.74) is -3.46. The molecule has 0 aromatic carbocycles. The smallest absolute Gasteiger partial charge is 0.410 e. The zero-order chi connectivity index (χ0) is 17.4. The molecule has 0 aromatic heterocycles. The fraction of sp³-hybridized carbons (Fsp3) is 0.917. The van der Waals surface area contributed by atoms with Gasteiger partial charge in [-0.1, -0.05) is 0 Å². The molecule has 22 heavy (non-hydrogen) atoms. The van der Waals surface area contributed by atoms with Crippen molar-refractivity contribution in [3.8, 4) is 0 Å². The zero-order valence-corrected chi connectivity index (χ0v) is 13.4. The van der Waals surface area contributed by atoms with E-state index in [9.17, 15) is 30.3 Å². The first kappa shape index (κ1) is 19.0. The quantitative estimate of drug-likeness (QED) is 0.568. The number of alkyl halides is 3. The van der Waals surface area contributed by atoms with Crippen molar-refractivity contribution in [2.24, 2.45) is 5.41 Å². The van der Waals surface area contributed by atoms with Crippen LogP contribution in [0.1, 0.15) is 33.6 Å². The standard InChI is InChI=1S/C12H19F4NO4S/c1-10(2,3)21-9(18)17-6-4-11(5-7-17,12(13,14)15)8-22(16,19)20/h4-8H2,1-3H3. The van der Waals surface area contributed by atoms with E-state index in [1.165, 1.54) is 0 Å². The molecule has 0 saturated carbocycles. The largest absolute Gasteiger partial charge is 0.444 e. The van der Waals surface area contributed by atoms with Crippen LogP contribution < -0.4 is 0 Å². The molecule has 0 spiro atoms. The summed E-state index contributed by atoms with van der Waals surface area (Å²) in [6.45, 7) is 4.16. The lowest BCUT2D eigenvalue weighted by Gasteiger charge is -2.41. The topological polar surface area (TPSA) is 63.7 Å². The number of piperidine rings is 1. The maximum Gasteiger partial charge on any atom is 0.410 e. The third kappa shape index (κ3) is 4.99. The van der Waals surface area contributed by atoms with Crippen molar-refractivity contribution in [1.82, 2.24) is 4.90 Å². The first-order chi connectivity index (χ1) is 9.65. The molecular formula is C12H19F4NO4S. The Balaban J connectivity index is 2.84. The van der Waals surface area contributed by atoms with Crippen molar-refractivity contribution >= 4 is 16.3 Å². The van der Waals surface area contributed by atoms with Crippen molar-refractivity contribution < 1.29 is 35.0 Å². The molecule has 0 aromatic rings. The van der Waals surface area contributed by atoms with Gasteiger partial charge in [-0.2, -0.15) is 21.6 Å². The summed E-state index contributed by atoms with van der Waals surface area (Å²) in [5, 5.41) is 0. The minimum Gasteiger partial charge on any atom is -0.444 e. The van der Waals surface area contributed by atoms with Gasteiger partial charge in [0.15, 0.2) is 0 Å². The molecule has 5 nitrogen and oxygen atoms in total. The molecule has 1 rings (SSSR count). The number of ether oxygens (including phenoxy) is 1. The first-order valence-corrected chi connectivity index (χ1v) is 8.17. The van der Waals surface area contributed by atoms with E-state index in [-0.39, 0.29) is 13.1 Å². The van der Waals surface area contributed by atoms with Gasteiger partial charge in [0.2, 0.25) is 0 Å². The average Bonchev–Trinajstić information content (AvgIpc) is 2.23. The Morgan fingerprint density at radius 2 is 1.64 bits per heavy atom. The summed E-state index contributed by atoms with van der Waals surface area (Å²) < 4.78 is 78.7. The third-order valence-corrected chi connectivity index (χ3v) is 4.32. The van der Waals surface area contributed by atoms with Crippen molar-refractivity contribution in [2.45, 2.75) is 45.4 Å². The molecule has 130 valence electrons. The van der Waals surface area contributed by atoms with Crippen LogP contribution in [-0.2, 0) is 15.0 Å². The Bertz CT molecular complexity index is 516. The number of carbonyl (C=O) groups excluding carboxylic acids is 1. The fourth-order valence-electron chi connectivity index (χ4n) is 2.28. The molecule has 1 fully saturated rings. The summed E-state index contributed by atoms with van der Waals surface area (Å²) >= 11 is 0. The second-order valence-corrected chi connectivity index (χ2v) is 7.80. The van der Waals surface area contributed by atoms with Crippen molar-refractivity contribution in [3.63, 3.8) is 0 Å². The highest BCUT2D eigenvalue weighted by atomic mass is 32.3. The number of hydrogen-bond donors (Lipinski definition) is 0. The molecule has 1 amide bonds. The van der Waals surface area contributed by atoms with Gasteiger partial charge in [0.05, 0.1) is 11.2 Å². The monoisotopic (exact) mass is 349 g/mol. The van der Waals surface area contributed by atoms with Gasteiger partial charge in [-0.15, -0.1) is 3.89 Å². The number of likely N-dealkylation sites (tertiary alicyclic amines) is 1. The van der Waals surface area contributed by atoms with E-state index in [1.54, 1.807) is 20.8 Å². The maximum absolute atomic E-state index is 13.2. The highest BCUT2D eigenvalue weighted by molar-refractivity contribution is 7.86. The van der Waals surface area contributed by atoms with E-state index in [2.05, 4.69) is 0 Å². The molecule has 0 unspecified atom stereocenters. The van der Waals surface area contributed by atoms with Crippen LogP contribution in [0.5, 0.6) is 0 Å². The number of halogens is 4. The summed E-state index contributed by atoms with van der Waals surface area (Å²) in [5.74, 6) is -1.62. The van der Waals surface area contributed by atoms with Crippen LogP contribution in [0.25, 0.3) is 0 Å². The molecule has 1 heterocycles. The first-order valence-electron chi connectivity index (χ1n) is 6.62. The van der Waals surface area contributed by atoms with Gasteiger partial charge in [-0.25, -0.2) is 4.79 Å². The van der Waals surface area contributed by atoms with E-state index < -0.39 is 52.1 Å². The van der Waals surface area contributed by atoms with E-state index in [4.69, 9.17) is 4.74 Å². The Morgan fingerprint density at radius 1 is 1.18 bits per heavy atom. The SMILES string of the molecule is CC(C)(C)OC(=O)N1CCC(CS(=O)(=O)F)(C(F)(F)F)CC1. The summed E-state index contributed by atoms with van der Waals surface area (Å²) in [4.78, 5) is 12.9. The van der Waals surface area contributed by atoms with Crippen LogP contribution in [0, 0.1) is 5.41 Å². The molecular weight excluding hydrogens is 330 g/mol. The van der Waals surface area contributed by atoms with Gasteiger partial charge in [-0.05, 0) is 33.6 Å². The second kappa shape index (κ2) is 5.86. The van der Waals surface area contributed by atoms with Crippen LogP contribution in [0.15, 0.2) is 0 Å². The number of carbonyl (C=O) groups is 1. The minimum atomic E-state index is -5.29. The molecule has 0 bridgehead atoms. The Morgan fingerprint density at radius 3 is 1.95 bits per heavy atom. The molecule has 0 aliphatic carbocycles. The minimum absolute atomic E-state index is 0.343. The predicted octanol–water partition coefficient (Wildman–Crippen LogP) is 2.87. The van der Waals surface area contributed by atoms with Crippen molar-refractivity contribution in [3.05, 3.63) is 0 Å². The van der Waals surface area contributed by atoms with Crippen LogP contribution >= 0.6 is 0 Å². The normalized spacial score (nSPS) is 19.9. The number of amides is 1. The highest BCUT2D eigenvalue weighted by Gasteiger charge is 2.58. The van der Waals surface area contributed by atoms with Crippen LogP contribution in [0.4, 0.5) is 21.9 Å². The second-order valence-electron chi connectivity index (χ2n) is 6.43. The number of rotatable bonds is 2. The Labute approximate surface area is 126 Å². The lowest BCUT2D eigenvalue weighted by Crippen LogP contribution is -2.53. The third-order valence-electron chi connectivity index (χ3n) is 3.42. The van der Waals surface area contributed by atoms with Gasteiger partial charge in [0.25, 0.3) is 0 Å². The molecule has 1 aliphatic heterocycles. The van der Waals surface area contributed by atoms with E-state index in [0.29, 0.717) is 0 Å².